The van der Waals surface area contributed by atoms with Crippen molar-refractivity contribution in [1.82, 2.24) is 0 Å². The predicted octanol–water partition coefficient (Wildman–Crippen LogP) is 9.99. The van der Waals surface area contributed by atoms with Gasteiger partial charge in [0.15, 0.2) is 0 Å². The van der Waals surface area contributed by atoms with Crippen LogP contribution in [-0.2, 0) is 0 Å². The minimum absolute atomic E-state index is 0.0218. The van der Waals surface area contributed by atoms with Gasteiger partial charge in [-0.25, -0.2) is 0 Å². The van der Waals surface area contributed by atoms with E-state index < -0.39 is 0 Å². The van der Waals surface area contributed by atoms with E-state index >= 15 is 0 Å². The molecular formula is C41H27BN2S. The third-order valence-electron chi connectivity index (χ3n) is 9.63. The number of anilines is 5. The number of benzene rings is 7. The number of fused-ring (bicyclic) bond motifs is 8. The Kier molecular flexibility index (Phi) is 5.26. The molecule has 0 unspecified atom stereocenters. The number of hydrogen-bond acceptors (Lipinski definition) is 3. The Morgan fingerprint density at radius 3 is 2.20 bits per heavy atom. The molecule has 0 N–H and O–H groups in total. The number of hydrogen-bond donors (Lipinski definition) is 0. The van der Waals surface area contributed by atoms with Gasteiger partial charge in [0.1, 0.15) is 0 Å². The van der Waals surface area contributed by atoms with Crippen molar-refractivity contribution in [2.24, 2.45) is 0 Å². The van der Waals surface area contributed by atoms with Gasteiger partial charge in [0.05, 0.1) is 11.4 Å². The van der Waals surface area contributed by atoms with E-state index in [0.717, 1.165) is 0 Å². The van der Waals surface area contributed by atoms with Gasteiger partial charge in [-0.3, -0.25) is 0 Å². The first-order chi connectivity index (χ1) is 22.2. The summed E-state index contributed by atoms with van der Waals surface area (Å²) in [5.41, 5.74) is 15.4. The van der Waals surface area contributed by atoms with Crippen LogP contribution in [0, 0.1) is 6.92 Å². The smallest absolute Gasteiger partial charge is 0.333 e. The highest BCUT2D eigenvalue weighted by Gasteiger charge is 2.47. The monoisotopic (exact) mass is 590 g/mol. The maximum Gasteiger partial charge on any atom is 0.333 e. The Morgan fingerprint density at radius 1 is 0.556 bits per heavy atom. The molecule has 0 radical (unpaired) electrons. The van der Waals surface area contributed by atoms with E-state index in [9.17, 15) is 0 Å². The summed E-state index contributed by atoms with van der Waals surface area (Å²) in [6.45, 7) is 2.27. The standard InChI is InChI=1S/C41H27BN2S/c1-26-24-33-32-23-20-29-12-5-6-13-31(29)40(32)44(30-21-18-28(19-22-30)27-10-3-2-4-11-27)42-34-14-9-17-38-41(34)43(36(25-26)39(33)42)35-15-7-8-16-37(35)45-38/h2-25H,1H3. The van der Waals surface area contributed by atoms with Crippen LogP contribution >= 0.6 is 11.8 Å². The number of aryl methyl sites for hydroxylation is 1. The average Bonchev–Trinajstić information content (AvgIpc) is 3.09. The minimum Gasteiger partial charge on any atom is -0.376 e. The first-order valence-corrected chi connectivity index (χ1v) is 16.4. The van der Waals surface area contributed by atoms with Crippen LogP contribution in [0.15, 0.2) is 155 Å². The topological polar surface area (TPSA) is 6.48 Å². The quantitative estimate of drug-likeness (QED) is 0.185. The zero-order valence-electron chi connectivity index (χ0n) is 24.7. The van der Waals surface area contributed by atoms with Crippen LogP contribution < -0.4 is 20.6 Å². The van der Waals surface area contributed by atoms with Crippen molar-refractivity contribution >= 4 is 68.7 Å². The van der Waals surface area contributed by atoms with Crippen LogP contribution in [0.5, 0.6) is 0 Å². The molecule has 7 aromatic carbocycles. The second-order valence-electron chi connectivity index (χ2n) is 12.2. The van der Waals surface area contributed by atoms with Crippen LogP contribution in [0.1, 0.15) is 5.56 Å². The van der Waals surface area contributed by atoms with Crippen molar-refractivity contribution in [3.63, 3.8) is 0 Å². The van der Waals surface area contributed by atoms with Crippen molar-refractivity contribution in [1.29, 1.82) is 0 Å². The summed E-state index contributed by atoms with van der Waals surface area (Å²) in [4.78, 5) is 7.78. The third-order valence-corrected chi connectivity index (χ3v) is 10.7. The predicted molar refractivity (Wildman–Crippen MR) is 192 cm³/mol. The van der Waals surface area contributed by atoms with Gasteiger partial charge in [-0.15, -0.1) is 0 Å². The summed E-state index contributed by atoms with van der Waals surface area (Å²) >= 11 is 1.89. The summed E-state index contributed by atoms with van der Waals surface area (Å²) in [5.74, 6) is 0. The molecule has 4 heteroatoms. The molecule has 0 saturated carbocycles. The van der Waals surface area contributed by atoms with Gasteiger partial charge >= 0.3 is 6.85 Å². The largest absolute Gasteiger partial charge is 0.376 e. The van der Waals surface area contributed by atoms with E-state index in [2.05, 4.69) is 162 Å². The molecule has 2 nitrogen and oxygen atoms in total. The Morgan fingerprint density at radius 2 is 1.31 bits per heavy atom. The summed E-state index contributed by atoms with van der Waals surface area (Å²) in [7, 11) is 0. The molecule has 0 saturated heterocycles. The van der Waals surface area contributed by atoms with Crippen LogP contribution in [0.2, 0.25) is 0 Å². The normalized spacial score (nSPS) is 13.7. The molecule has 0 aromatic heterocycles. The lowest BCUT2D eigenvalue weighted by Crippen LogP contribution is -2.62. The van der Waals surface area contributed by atoms with Gasteiger partial charge in [-0.05, 0) is 81.9 Å². The second-order valence-corrected chi connectivity index (χ2v) is 13.3. The van der Waals surface area contributed by atoms with E-state index in [-0.39, 0.29) is 6.85 Å². The molecule has 0 amide bonds. The summed E-state index contributed by atoms with van der Waals surface area (Å²) in [6.07, 6.45) is 0. The lowest BCUT2D eigenvalue weighted by atomic mass is 9.43. The lowest BCUT2D eigenvalue weighted by Gasteiger charge is -2.48. The van der Waals surface area contributed by atoms with E-state index in [1.165, 1.54) is 87.7 Å². The summed E-state index contributed by atoms with van der Waals surface area (Å²) in [6, 6.07) is 53.9. The number of para-hydroxylation sites is 2. The summed E-state index contributed by atoms with van der Waals surface area (Å²) in [5, 5.41) is 2.54. The minimum atomic E-state index is 0.0218. The van der Waals surface area contributed by atoms with Gasteiger partial charge in [0.2, 0.25) is 0 Å². The van der Waals surface area contributed by atoms with Crippen molar-refractivity contribution in [3.8, 4) is 22.3 Å². The van der Waals surface area contributed by atoms with Gasteiger partial charge < -0.3 is 9.71 Å². The SMILES string of the molecule is Cc1cc2c3c(c1)N1c4ccccc4Sc4cccc(c41)B3N(c1ccc(-c3ccccc3)cc1)c1c-2ccc2ccccc12. The molecule has 7 aromatic rings. The molecule has 3 aliphatic rings. The molecule has 3 heterocycles. The first kappa shape index (κ1) is 25.2. The van der Waals surface area contributed by atoms with Crippen molar-refractivity contribution in [2.75, 3.05) is 9.71 Å². The molecule has 10 rings (SSSR count). The molecule has 0 atom stereocenters. The molecule has 3 aliphatic heterocycles. The zero-order chi connectivity index (χ0) is 29.6. The highest BCUT2D eigenvalue weighted by molar-refractivity contribution is 7.99. The second kappa shape index (κ2) is 9.41. The van der Waals surface area contributed by atoms with Crippen molar-refractivity contribution < 1.29 is 0 Å². The highest BCUT2D eigenvalue weighted by atomic mass is 32.2. The van der Waals surface area contributed by atoms with Crippen LogP contribution in [0.4, 0.5) is 28.4 Å². The molecule has 210 valence electrons. The van der Waals surface area contributed by atoms with Crippen LogP contribution in [0.25, 0.3) is 33.0 Å². The molecule has 0 aliphatic carbocycles. The van der Waals surface area contributed by atoms with Gasteiger partial charge in [-0.2, -0.15) is 0 Å². The van der Waals surface area contributed by atoms with E-state index in [4.69, 9.17) is 0 Å². The molecule has 0 bridgehead atoms. The Hall–Kier alpha value is -5.19. The van der Waals surface area contributed by atoms with Gasteiger partial charge in [0.25, 0.3) is 0 Å². The van der Waals surface area contributed by atoms with E-state index in [1.54, 1.807) is 0 Å². The Bertz CT molecular complexity index is 2330. The third kappa shape index (κ3) is 3.55. The Labute approximate surface area is 267 Å². The van der Waals surface area contributed by atoms with Crippen molar-refractivity contribution in [3.05, 3.63) is 151 Å². The number of rotatable bonds is 2. The fraction of sp³-hybridized carbons (Fsp3) is 0.0244. The molecule has 0 fully saturated rings. The van der Waals surface area contributed by atoms with Gasteiger partial charge in [0, 0.05) is 37.8 Å². The van der Waals surface area contributed by atoms with Crippen molar-refractivity contribution in [2.45, 2.75) is 16.7 Å². The Balaban J connectivity index is 1.31. The fourth-order valence-corrected chi connectivity index (χ4v) is 8.88. The summed E-state index contributed by atoms with van der Waals surface area (Å²) < 4.78 is 0. The zero-order valence-corrected chi connectivity index (χ0v) is 25.6. The van der Waals surface area contributed by atoms with E-state index in [0.29, 0.717) is 0 Å². The fourth-order valence-electron chi connectivity index (χ4n) is 7.78. The van der Waals surface area contributed by atoms with Crippen LogP contribution in [-0.4, -0.2) is 6.85 Å². The average molecular weight is 591 g/mol. The van der Waals surface area contributed by atoms with E-state index in [1.807, 2.05) is 11.8 Å². The highest BCUT2D eigenvalue weighted by Crippen LogP contribution is 2.55. The maximum atomic E-state index is 2.63. The maximum absolute atomic E-state index is 2.63. The van der Waals surface area contributed by atoms with Gasteiger partial charge in [-0.1, -0.05) is 121 Å². The molecule has 0 spiro atoms. The number of nitrogens with zero attached hydrogens (tertiary/aromatic N) is 2. The lowest BCUT2D eigenvalue weighted by molar-refractivity contribution is 1.16. The molecular weight excluding hydrogens is 563 g/mol. The van der Waals surface area contributed by atoms with Crippen LogP contribution in [0.3, 0.4) is 0 Å². The molecule has 45 heavy (non-hydrogen) atoms. The first-order valence-electron chi connectivity index (χ1n) is 15.6.